The molecular weight excluding hydrogens is 519 g/mol. The van der Waals surface area contributed by atoms with Crippen molar-refractivity contribution in [3.8, 4) is 24.3 Å². The van der Waals surface area contributed by atoms with Gasteiger partial charge in [-0.1, -0.05) is 0 Å². The number of terminal acetylenes is 1. The molecule has 0 saturated heterocycles. The lowest BCUT2D eigenvalue weighted by Gasteiger charge is -2.24. The fourth-order valence-electron chi connectivity index (χ4n) is 2.60. The molecule has 0 saturated carbocycles. The Bertz CT molecular complexity index is 1060. The third kappa shape index (κ3) is 10.1. The van der Waals surface area contributed by atoms with E-state index in [4.69, 9.17) is 19.4 Å². The van der Waals surface area contributed by atoms with E-state index in [1.165, 1.54) is 31.8 Å². The van der Waals surface area contributed by atoms with Gasteiger partial charge in [0.2, 0.25) is 0 Å². The molecule has 14 heteroatoms. The maximum Gasteiger partial charge on any atom is 0.409 e. The highest BCUT2D eigenvalue weighted by molar-refractivity contribution is 7.82. The molecule has 0 aliphatic heterocycles. The molecule has 37 heavy (non-hydrogen) atoms. The lowest BCUT2D eigenvalue weighted by molar-refractivity contribution is -0.129. The minimum atomic E-state index is -2.28. The number of nitrogens with zero attached hydrogens (tertiary/aromatic N) is 2. The number of likely N-dealkylation sites (N-methyl/N-ethyl adjacent to an activating group) is 1. The zero-order chi connectivity index (χ0) is 28.0. The van der Waals surface area contributed by atoms with E-state index >= 15 is 0 Å². The van der Waals surface area contributed by atoms with Crippen molar-refractivity contribution in [2.45, 2.75) is 4.90 Å². The Labute approximate surface area is 214 Å². The van der Waals surface area contributed by atoms with Gasteiger partial charge >= 0.3 is 6.09 Å². The van der Waals surface area contributed by atoms with E-state index < -0.39 is 52.7 Å². The lowest BCUT2D eigenvalue weighted by Crippen LogP contribution is -2.42. The number of amides is 2. The average molecular weight is 546 g/mol. The van der Waals surface area contributed by atoms with Gasteiger partial charge in [0.15, 0.2) is 17.4 Å². The van der Waals surface area contributed by atoms with Crippen LogP contribution in [-0.2, 0) is 25.3 Å². The third-order valence-electron chi connectivity index (χ3n) is 4.40. The summed E-state index contributed by atoms with van der Waals surface area (Å²) in [6.07, 6.45) is 7.29. The number of hydroxylamine groups is 1. The van der Waals surface area contributed by atoms with Gasteiger partial charge in [-0.25, -0.2) is 32.0 Å². The molecule has 2 N–H and O–H groups in total. The van der Waals surface area contributed by atoms with Gasteiger partial charge in [-0.2, -0.15) is 0 Å². The van der Waals surface area contributed by atoms with Crippen molar-refractivity contribution < 1.29 is 46.4 Å². The monoisotopic (exact) mass is 545 g/mol. The molecule has 0 bridgehead atoms. The van der Waals surface area contributed by atoms with Gasteiger partial charge in [-0.3, -0.25) is 10.0 Å². The van der Waals surface area contributed by atoms with Gasteiger partial charge in [-0.05, 0) is 36.4 Å². The smallest absolute Gasteiger partial charge is 0.409 e. The Morgan fingerprint density at radius 2 is 1.65 bits per heavy atom. The minimum absolute atomic E-state index is 0.00708. The van der Waals surface area contributed by atoms with Crippen LogP contribution < -0.4 is 10.2 Å². The molecule has 2 rings (SSSR count). The first-order valence-corrected chi connectivity index (χ1v) is 11.5. The molecule has 1 atom stereocenters. The number of benzene rings is 2. The summed E-state index contributed by atoms with van der Waals surface area (Å²) in [5, 5.41) is 8.82. The molecule has 2 aromatic carbocycles. The zero-order valence-corrected chi connectivity index (χ0v) is 20.8. The number of carbonyl (C=O) groups is 2. The standard InChI is InChI=1S/C21H24F3N3O7S.C2H2/c1-26(21(29)33-10-9-32-2)7-8-27(13-19(28)25-30)35(31)16-11-17(23)20(18(24)12-16)34-15-5-3-14(22)4-6-15;1-2/h3-6,11-12,30H,7-10,13H2,1-2H3,(H,25,28);1-2H. The summed E-state index contributed by atoms with van der Waals surface area (Å²) < 4.78 is 71.1. The summed E-state index contributed by atoms with van der Waals surface area (Å²) in [5.41, 5.74) is 1.38. The first-order chi connectivity index (χ1) is 17.7. The molecular formula is C23H26F3N3O7S. The van der Waals surface area contributed by atoms with Gasteiger partial charge in [0, 0.05) is 27.2 Å². The Morgan fingerprint density at radius 3 is 2.19 bits per heavy atom. The van der Waals surface area contributed by atoms with Crippen LogP contribution in [0.1, 0.15) is 0 Å². The van der Waals surface area contributed by atoms with E-state index in [1.807, 2.05) is 0 Å². The number of carbonyl (C=O) groups excluding carboxylic acids is 2. The Kier molecular flexibility index (Phi) is 13.7. The van der Waals surface area contributed by atoms with E-state index in [1.54, 1.807) is 0 Å². The molecule has 0 spiro atoms. The van der Waals surface area contributed by atoms with Crippen LogP contribution in [0.15, 0.2) is 41.3 Å². The first kappa shape index (κ1) is 31.4. The molecule has 0 aliphatic rings. The molecule has 0 heterocycles. The van der Waals surface area contributed by atoms with E-state index in [-0.39, 0.29) is 36.9 Å². The molecule has 2 aromatic rings. The van der Waals surface area contributed by atoms with Crippen LogP contribution in [0.5, 0.6) is 11.5 Å². The molecule has 0 aliphatic carbocycles. The number of hydrogen-bond donors (Lipinski definition) is 2. The second-order valence-corrected chi connectivity index (χ2v) is 8.43. The molecule has 2 amide bonds. The Hall–Kier alpha value is -3.64. The van der Waals surface area contributed by atoms with Crippen LogP contribution >= 0.6 is 0 Å². The molecule has 202 valence electrons. The number of ether oxygens (including phenoxy) is 3. The molecule has 0 aromatic heterocycles. The number of halogens is 3. The highest BCUT2D eigenvalue weighted by Gasteiger charge is 2.24. The fraction of sp³-hybridized carbons (Fsp3) is 0.304. The number of rotatable bonds is 12. The van der Waals surface area contributed by atoms with Crippen molar-refractivity contribution in [3.05, 3.63) is 53.8 Å². The highest BCUT2D eigenvalue weighted by atomic mass is 32.2. The van der Waals surface area contributed by atoms with Crippen molar-refractivity contribution in [2.24, 2.45) is 0 Å². The largest absolute Gasteiger partial charge is 0.451 e. The van der Waals surface area contributed by atoms with E-state index in [0.717, 1.165) is 33.5 Å². The Balaban J connectivity index is 0.00000334. The number of hydrogen-bond acceptors (Lipinski definition) is 7. The van der Waals surface area contributed by atoms with Gasteiger partial charge < -0.3 is 19.1 Å². The van der Waals surface area contributed by atoms with E-state index in [9.17, 15) is 27.0 Å². The van der Waals surface area contributed by atoms with Crippen molar-refractivity contribution in [1.82, 2.24) is 14.7 Å². The van der Waals surface area contributed by atoms with Gasteiger partial charge in [-0.15, -0.1) is 12.8 Å². The van der Waals surface area contributed by atoms with Crippen LogP contribution in [-0.4, -0.2) is 77.6 Å². The lowest BCUT2D eigenvalue weighted by atomic mass is 10.3. The normalized spacial score (nSPS) is 11.2. The van der Waals surface area contributed by atoms with E-state index in [0.29, 0.717) is 0 Å². The second-order valence-electron chi connectivity index (χ2n) is 6.95. The Morgan fingerprint density at radius 1 is 1.05 bits per heavy atom. The molecule has 1 unspecified atom stereocenters. The summed E-state index contributed by atoms with van der Waals surface area (Å²) in [7, 11) is 0.546. The third-order valence-corrected chi connectivity index (χ3v) is 5.82. The maximum atomic E-state index is 14.6. The topological polar surface area (TPSA) is 118 Å². The van der Waals surface area contributed by atoms with Crippen molar-refractivity contribution >= 4 is 23.0 Å². The van der Waals surface area contributed by atoms with Crippen LogP contribution in [0.3, 0.4) is 0 Å². The molecule has 0 fully saturated rings. The highest BCUT2D eigenvalue weighted by Crippen LogP contribution is 2.30. The van der Waals surface area contributed by atoms with Crippen LogP contribution in [0.4, 0.5) is 18.0 Å². The number of methoxy groups -OCH3 is 1. The van der Waals surface area contributed by atoms with Crippen LogP contribution in [0, 0.1) is 30.3 Å². The van der Waals surface area contributed by atoms with Crippen molar-refractivity contribution in [1.29, 1.82) is 0 Å². The summed E-state index contributed by atoms with van der Waals surface area (Å²) >= 11 is 0. The zero-order valence-electron chi connectivity index (χ0n) is 20.0. The van der Waals surface area contributed by atoms with Crippen LogP contribution in [0.2, 0.25) is 0 Å². The summed E-state index contributed by atoms with van der Waals surface area (Å²) in [4.78, 5) is 24.4. The van der Waals surface area contributed by atoms with Crippen molar-refractivity contribution in [3.63, 3.8) is 0 Å². The maximum absolute atomic E-state index is 14.6. The van der Waals surface area contributed by atoms with Gasteiger partial charge in [0.25, 0.3) is 5.91 Å². The van der Waals surface area contributed by atoms with Gasteiger partial charge in [0.1, 0.15) is 29.2 Å². The van der Waals surface area contributed by atoms with Crippen LogP contribution in [0.25, 0.3) is 0 Å². The van der Waals surface area contributed by atoms with Crippen molar-refractivity contribution in [2.75, 3.05) is 47.0 Å². The fourth-order valence-corrected chi connectivity index (χ4v) is 3.78. The average Bonchev–Trinajstić information content (AvgIpc) is 2.89. The predicted molar refractivity (Wildman–Crippen MR) is 126 cm³/mol. The molecule has 0 radical (unpaired) electrons. The van der Waals surface area contributed by atoms with Gasteiger partial charge in [0.05, 0.1) is 18.0 Å². The SMILES string of the molecule is C#C.COCCOC(=O)N(C)CCN(CC(=O)NO)S(=O)c1cc(F)c(Oc2ccc(F)cc2)c(F)c1. The quantitative estimate of drug-likeness (QED) is 0.182. The minimum Gasteiger partial charge on any atom is -0.451 e. The number of nitrogens with one attached hydrogen (secondary N) is 1. The molecule has 10 nitrogen and oxygen atoms in total. The predicted octanol–water partition coefficient (Wildman–Crippen LogP) is 2.69. The van der Waals surface area contributed by atoms with E-state index in [2.05, 4.69) is 12.8 Å². The second kappa shape index (κ2) is 16.2. The summed E-state index contributed by atoms with van der Waals surface area (Å²) in [5.74, 6) is -4.72. The summed E-state index contributed by atoms with van der Waals surface area (Å²) in [6.45, 7) is -0.690. The first-order valence-electron chi connectivity index (χ1n) is 10.4. The summed E-state index contributed by atoms with van der Waals surface area (Å²) in [6, 6.07) is 5.94.